The lowest BCUT2D eigenvalue weighted by molar-refractivity contribution is -0.870. The zero-order chi connectivity index (χ0) is 25.9. The van der Waals surface area contributed by atoms with Crippen molar-refractivity contribution < 1.29 is 28.2 Å². The standard InChI is InChI=1S/C29H56NO5/c1-5-6-7-8-9-10-11-12-13-14-15-16-17-18-19-20-29(31)35-28-27-34-26-25-33-24-23-32-22-21-30(2,3)4/h10-11,13-14H,5-9,12,15-28H2,1-4H3/q+1/b11-10+,14-13+. The van der Waals surface area contributed by atoms with Gasteiger partial charge >= 0.3 is 5.97 Å². The van der Waals surface area contributed by atoms with Gasteiger partial charge in [-0.05, 0) is 38.5 Å². The minimum Gasteiger partial charge on any atom is -0.463 e. The molecule has 6 heteroatoms. The average molecular weight is 499 g/mol. The van der Waals surface area contributed by atoms with Gasteiger partial charge in [0.25, 0.3) is 0 Å². The maximum Gasteiger partial charge on any atom is 0.305 e. The summed E-state index contributed by atoms with van der Waals surface area (Å²) < 4.78 is 22.5. The van der Waals surface area contributed by atoms with Gasteiger partial charge in [-0.25, -0.2) is 0 Å². The summed E-state index contributed by atoms with van der Waals surface area (Å²) in [4.78, 5) is 11.8. The highest BCUT2D eigenvalue weighted by molar-refractivity contribution is 5.69. The smallest absolute Gasteiger partial charge is 0.305 e. The molecule has 0 N–H and O–H groups in total. The van der Waals surface area contributed by atoms with E-state index >= 15 is 0 Å². The Bertz CT molecular complexity index is 514. The van der Waals surface area contributed by atoms with Crippen molar-refractivity contribution in [2.75, 3.05) is 73.9 Å². The molecule has 0 aromatic carbocycles. The first-order valence-corrected chi connectivity index (χ1v) is 13.9. The summed E-state index contributed by atoms with van der Waals surface area (Å²) in [5.41, 5.74) is 0. The van der Waals surface area contributed by atoms with Gasteiger partial charge in [0.05, 0.1) is 60.8 Å². The van der Waals surface area contributed by atoms with Crippen LogP contribution in [0.2, 0.25) is 0 Å². The molecular formula is C29H56NO5+. The van der Waals surface area contributed by atoms with Crippen molar-refractivity contribution in [1.82, 2.24) is 0 Å². The van der Waals surface area contributed by atoms with Crippen molar-refractivity contribution in [1.29, 1.82) is 0 Å². The Labute approximate surface area is 216 Å². The lowest BCUT2D eigenvalue weighted by Crippen LogP contribution is -2.37. The van der Waals surface area contributed by atoms with Crippen LogP contribution in [0.25, 0.3) is 0 Å². The van der Waals surface area contributed by atoms with Crippen LogP contribution >= 0.6 is 0 Å². The fourth-order valence-corrected chi connectivity index (χ4v) is 3.25. The molecule has 6 nitrogen and oxygen atoms in total. The molecule has 206 valence electrons. The van der Waals surface area contributed by atoms with E-state index in [0.717, 1.165) is 49.7 Å². The highest BCUT2D eigenvalue weighted by Gasteiger charge is 2.05. The third-order valence-electron chi connectivity index (χ3n) is 5.47. The number of likely N-dealkylation sites (N-methyl/N-ethyl adjacent to an activating group) is 1. The molecule has 0 saturated heterocycles. The maximum absolute atomic E-state index is 11.8. The third kappa shape index (κ3) is 30.8. The predicted octanol–water partition coefficient (Wildman–Crippen LogP) is 6.10. The number of hydrogen-bond acceptors (Lipinski definition) is 5. The van der Waals surface area contributed by atoms with E-state index in [1.807, 2.05) is 0 Å². The van der Waals surface area contributed by atoms with Crippen LogP contribution < -0.4 is 0 Å². The summed E-state index contributed by atoms with van der Waals surface area (Å²) in [5, 5.41) is 0. The number of carbonyl (C=O) groups is 1. The Morgan fingerprint density at radius 2 is 1.14 bits per heavy atom. The average Bonchev–Trinajstić information content (AvgIpc) is 2.81. The number of carbonyl (C=O) groups excluding carboxylic acids is 1. The summed E-state index contributed by atoms with van der Waals surface area (Å²) in [6.07, 6.45) is 22.7. The van der Waals surface area contributed by atoms with Gasteiger partial charge in [0.15, 0.2) is 0 Å². The topological polar surface area (TPSA) is 54.0 Å². The molecule has 0 heterocycles. The molecule has 0 aliphatic carbocycles. The molecule has 0 aliphatic rings. The van der Waals surface area contributed by atoms with Crippen molar-refractivity contribution >= 4 is 5.97 Å². The van der Waals surface area contributed by atoms with Crippen LogP contribution in [-0.2, 0) is 23.7 Å². The van der Waals surface area contributed by atoms with Gasteiger partial charge in [-0.2, -0.15) is 0 Å². The van der Waals surface area contributed by atoms with E-state index in [9.17, 15) is 4.79 Å². The van der Waals surface area contributed by atoms with Crippen LogP contribution in [0.5, 0.6) is 0 Å². The maximum atomic E-state index is 11.8. The Hall–Kier alpha value is -1.21. The summed E-state index contributed by atoms with van der Waals surface area (Å²) in [6, 6.07) is 0. The Morgan fingerprint density at radius 1 is 0.629 bits per heavy atom. The fourth-order valence-electron chi connectivity index (χ4n) is 3.25. The van der Waals surface area contributed by atoms with Gasteiger partial charge in [-0.3, -0.25) is 4.79 Å². The largest absolute Gasteiger partial charge is 0.463 e. The quantitative estimate of drug-likeness (QED) is 0.0624. The van der Waals surface area contributed by atoms with Gasteiger partial charge in [0, 0.05) is 6.42 Å². The number of esters is 1. The van der Waals surface area contributed by atoms with Crippen molar-refractivity contribution in [3.05, 3.63) is 24.3 Å². The molecule has 0 aromatic heterocycles. The Morgan fingerprint density at radius 3 is 1.71 bits per heavy atom. The Kier molecular flexibility index (Phi) is 25.0. The summed E-state index contributed by atoms with van der Waals surface area (Å²) in [5.74, 6) is -0.128. The Balaban J connectivity index is 3.28. The number of rotatable bonds is 26. The van der Waals surface area contributed by atoms with Gasteiger partial charge in [-0.1, -0.05) is 63.3 Å². The molecule has 0 radical (unpaired) electrons. The molecule has 0 bridgehead atoms. The van der Waals surface area contributed by atoms with E-state index in [4.69, 9.17) is 18.9 Å². The second kappa shape index (κ2) is 25.9. The lowest BCUT2D eigenvalue weighted by atomic mass is 10.1. The van der Waals surface area contributed by atoms with Crippen LogP contribution in [0.4, 0.5) is 0 Å². The van der Waals surface area contributed by atoms with Crippen LogP contribution in [0.1, 0.15) is 84.0 Å². The highest BCUT2D eigenvalue weighted by Crippen LogP contribution is 2.07. The second-order valence-electron chi connectivity index (χ2n) is 10.1. The molecule has 0 rings (SSSR count). The number of quaternary nitrogens is 1. The van der Waals surface area contributed by atoms with Gasteiger partial charge in [0.2, 0.25) is 0 Å². The molecule has 0 aliphatic heterocycles. The molecule has 0 atom stereocenters. The van der Waals surface area contributed by atoms with Crippen LogP contribution in [0.3, 0.4) is 0 Å². The number of hydrogen-bond donors (Lipinski definition) is 0. The molecule has 35 heavy (non-hydrogen) atoms. The molecule has 0 saturated carbocycles. The van der Waals surface area contributed by atoms with Gasteiger partial charge in [0.1, 0.15) is 13.2 Å². The normalized spacial score (nSPS) is 12.2. The van der Waals surface area contributed by atoms with E-state index < -0.39 is 0 Å². The predicted molar refractivity (Wildman–Crippen MR) is 146 cm³/mol. The lowest BCUT2D eigenvalue weighted by Gasteiger charge is -2.23. The second-order valence-corrected chi connectivity index (χ2v) is 10.1. The molecular weight excluding hydrogens is 442 g/mol. The fraction of sp³-hybridized carbons (Fsp3) is 0.828. The van der Waals surface area contributed by atoms with Crippen molar-refractivity contribution in [2.24, 2.45) is 0 Å². The van der Waals surface area contributed by atoms with E-state index in [2.05, 4.69) is 52.4 Å². The van der Waals surface area contributed by atoms with Crippen LogP contribution in [0, 0.1) is 0 Å². The minimum absolute atomic E-state index is 0.128. The molecule has 0 unspecified atom stereocenters. The van der Waals surface area contributed by atoms with Crippen LogP contribution in [-0.4, -0.2) is 84.4 Å². The molecule has 0 spiro atoms. The van der Waals surface area contributed by atoms with E-state index in [1.165, 1.54) is 38.5 Å². The summed E-state index contributed by atoms with van der Waals surface area (Å²) in [6.45, 7) is 6.89. The van der Waals surface area contributed by atoms with Crippen LogP contribution in [0.15, 0.2) is 24.3 Å². The SMILES string of the molecule is CCCCCC/C=C/C/C=C/CCCCCCC(=O)OCCOCCOCCOCC[N+](C)(C)C. The van der Waals surface area contributed by atoms with E-state index in [-0.39, 0.29) is 5.97 Å². The van der Waals surface area contributed by atoms with Crippen molar-refractivity contribution in [3.8, 4) is 0 Å². The first-order valence-electron chi connectivity index (χ1n) is 13.9. The summed E-state index contributed by atoms with van der Waals surface area (Å²) >= 11 is 0. The van der Waals surface area contributed by atoms with Crippen molar-refractivity contribution in [3.63, 3.8) is 0 Å². The minimum atomic E-state index is -0.128. The molecule has 0 aromatic rings. The first kappa shape index (κ1) is 33.8. The van der Waals surface area contributed by atoms with Gasteiger partial charge < -0.3 is 23.4 Å². The van der Waals surface area contributed by atoms with Gasteiger partial charge in [-0.15, -0.1) is 0 Å². The van der Waals surface area contributed by atoms with E-state index in [1.54, 1.807) is 0 Å². The number of allylic oxidation sites excluding steroid dienone is 4. The first-order chi connectivity index (χ1) is 17.0. The molecule has 0 amide bonds. The number of ether oxygens (including phenoxy) is 4. The molecule has 0 fully saturated rings. The van der Waals surface area contributed by atoms with Crippen molar-refractivity contribution in [2.45, 2.75) is 84.0 Å². The zero-order valence-electron chi connectivity index (χ0n) is 23.4. The third-order valence-corrected chi connectivity index (χ3v) is 5.47. The van der Waals surface area contributed by atoms with E-state index in [0.29, 0.717) is 46.1 Å². The zero-order valence-corrected chi connectivity index (χ0v) is 23.4. The summed E-state index contributed by atoms with van der Waals surface area (Å²) in [7, 11) is 6.43. The number of unbranched alkanes of at least 4 members (excludes halogenated alkanes) is 8. The highest BCUT2D eigenvalue weighted by atomic mass is 16.6. The number of nitrogens with zero attached hydrogens (tertiary/aromatic N) is 1. The monoisotopic (exact) mass is 498 g/mol.